The minimum atomic E-state index is -0.807. The molecule has 1 unspecified atom stereocenters. The number of amides is 1. The molecule has 34 heavy (non-hydrogen) atoms. The molecule has 1 saturated heterocycles. The predicted octanol–water partition coefficient (Wildman–Crippen LogP) is 4.53. The number of hydrogen-bond donors (Lipinski definition) is 1. The summed E-state index contributed by atoms with van der Waals surface area (Å²) in [5.41, 5.74) is 2.69. The van der Waals surface area contributed by atoms with Crippen LogP contribution in [0, 0.1) is 0 Å². The molecule has 1 amide bonds. The largest absolute Gasteiger partial charge is 0.507 e. The van der Waals surface area contributed by atoms with Gasteiger partial charge in [-0.3, -0.25) is 14.5 Å². The smallest absolute Gasteiger partial charge is 0.300 e. The fourth-order valence-electron chi connectivity index (χ4n) is 4.77. The minimum Gasteiger partial charge on any atom is -0.507 e. The van der Waals surface area contributed by atoms with E-state index in [0.717, 1.165) is 16.5 Å². The third-order valence-electron chi connectivity index (χ3n) is 6.35. The molecule has 3 aromatic carbocycles. The van der Waals surface area contributed by atoms with Crippen LogP contribution in [0.3, 0.4) is 0 Å². The lowest BCUT2D eigenvalue weighted by atomic mass is 9.94. The number of carbonyl (C=O) groups is 2. The first-order valence-electron chi connectivity index (χ1n) is 10.8. The number of nitrogens with zero attached hydrogens (tertiary/aromatic N) is 2. The predicted molar refractivity (Wildman–Crippen MR) is 127 cm³/mol. The highest BCUT2D eigenvalue weighted by atomic mass is 16.7. The van der Waals surface area contributed by atoms with Crippen molar-refractivity contribution in [3.8, 4) is 11.5 Å². The molecule has 6 rings (SSSR count). The summed E-state index contributed by atoms with van der Waals surface area (Å²) in [6.45, 7) is 0.0912. The van der Waals surface area contributed by atoms with Gasteiger partial charge in [0.1, 0.15) is 5.76 Å². The Balaban J connectivity index is 1.61. The highest BCUT2D eigenvalue weighted by molar-refractivity contribution is 6.51. The van der Waals surface area contributed by atoms with Crippen molar-refractivity contribution in [3.05, 3.63) is 95.7 Å². The van der Waals surface area contributed by atoms with Gasteiger partial charge in [-0.1, -0.05) is 36.4 Å². The van der Waals surface area contributed by atoms with Gasteiger partial charge in [-0.15, -0.1) is 0 Å². The standard InChI is InChI=1S/C27H20N2O5/c1-28-14-19(18-9-5-6-10-20(18)28)24-23(25(30)16-11-12-21-22(13-16)34-15-33-21)26(31)27(32)29(24)17-7-3-2-4-8-17/h2-14,24,30H,15H2,1H3/b25-23+. The fraction of sp³-hybridized carbons (Fsp3) is 0.111. The van der Waals surface area contributed by atoms with Crippen LogP contribution in [0.5, 0.6) is 11.5 Å². The molecule has 3 heterocycles. The molecule has 4 aromatic rings. The summed E-state index contributed by atoms with van der Waals surface area (Å²) in [6, 6.07) is 21.0. The molecular formula is C27H20N2O5. The van der Waals surface area contributed by atoms with Gasteiger partial charge in [-0.2, -0.15) is 0 Å². The van der Waals surface area contributed by atoms with E-state index < -0.39 is 17.7 Å². The lowest BCUT2D eigenvalue weighted by Gasteiger charge is -2.25. The normalized spacial score (nSPS) is 18.7. The van der Waals surface area contributed by atoms with Crippen molar-refractivity contribution in [2.24, 2.45) is 7.05 Å². The van der Waals surface area contributed by atoms with E-state index in [0.29, 0.717) is 22.7 Å². The van der Waals surface area contributed by atoms with Crippen molar-refractivity contribution >= 4 is 34.0 Å². The van der Waals surface area contributed by atoms with E-state index in [1.165, 1.54) is 4.90 Å². The van der Waals surface area contributed by atoms with Crippen LogP contribution in [-0.4, -0.2) is 28.2 Å². The van der Waals surface area contributed by atoms with Crippen LogP contribution >= 0.6 is 0 Å². The van der Waals surface area contributed by atoms with E-state index in [9.17, 15) is 14.7 Å². The first kappa shape index (κ1) is 20.1. The van der Waals surface area contributed by atoms with Gasteiger partial charge >= 0.3 is 0 Å². The van der Waals surface area contributed by atoms with Gasteiger partial charge in [0, 0.05) is 41.0 Å². The van der Waals surface area contributed by atoms with E-state index in [4.69, 9.17) is 9.47 Å². The molecule has 7 nitrogen and oxygen atoms in total. The van der Waals surface area contributed by atoms with Crippen LogP contribution in [0.2, 0.25) is 0 Å². The zero-order valence-electron chi connectivity index (χ0n) is 18.3. The zero-order valence-corrected chi connectivity index (χ0v) is 18.3. The SMILES string of the molecule is Cn1cc(C2/C(=C(\O)c3ccc4c(c3)OCO4)C(=O)C(=O)N2c2ccccc2)c2ccccc21. The maximum absolute atomic E-state index is 13.4. The number of ether oxygens (including phenoxy) is 2. The number of hydrogen-bond acceptors (Lipinski definition) is 5. The van der Waals surface area contributed by atoms with Gasteiger partial charge in [-0.25, -0.2) is 0 Å². The highest BCUT2D eigenvalue weighted by Crippen LogP contribution is 2.45. The summed E-state index contributed by atoms with van der Waals surface area (Å²) < 4.78 is 12.8. The molecule has 1 fully saturated rings. The second-order valence-electron chi connectivity index (χ2n) is 8.29. The van der Waals surface area contributed by atoms with Crippen molar-refractivity contribution < 1.29 is 24.2 Å². The summed E-state index contributed by atoms with van der Waals surface area (Å²) in [5, 5.41) is 12.3. The van der Waals surface area contributed by atoms with E-state index >= 15 is 0 Å². The minimum absolute atomic E-state index is 0.0315. The van der Waals surface area contributed by atoms with Crippen LogP contribution in [0.15, 0.2) is 84.6 Å². The van der Waals surface area contributed by atoms with Crippen LogP contribution in [0.4, 0.5) is 5.69 Å². The zero-order chi connectivity index (χ0) is 23.4. The first-order chi connectivity index (χ1) is 16.5. The first-order valence-corrected chi connectivity index (χ1v) is 10.8. The molecule has 0 aliphatic carbocycles. The lowest BCUT2D eigenvalue weighted by Crippen LogP contribution is -2.29. The van der Waals surface area contributed by atoms with E-state index in [-0.39, 0.29) is 18.1 Å². The number of rotatable bonds is 3. The molecule has 7 heteroatoms. The number of aryl methyl sites for hydroxylation is 1. The molecule has 1 atom stereocenters. The second-order valence-corrected chi connectivity index (χ2v) is 8.29. The molecule has 0 saturated carbocycles. The van der Waals surface area contributed by atoms with E-state index in [1.54, 1.807) is 30.3 Å². The fourth-order valence-corrected chi connectivity index (χ4v) is 4.77. The Labute approximate surface area is 195 Å². The van der Waals surface area contributed by atoms with Crippen molar-refractivity contribution in [1.29, 1.82) is 0 Å². The number of aliphatic hydroxyl groups is 1. The summed E-state index contributed by atoms with van der Waals surface area (Å²) in [7, 11) is 1.92. The number of aliphatic hydroxyl groups excluding tert-OH is 1. The van der Waals surface area contributed by atoms with Gasteiger partial charge in [0.25, 0.3) is 11.7 Å². The topological polar surface area (TPSA) is 81.0 Å². The number of anilines is 1. The summed E-state index contributed by atoms with van der Waals surface area (Å²) in [6.07, 6.45) is 1.91. The molecule has 0 bridgehead atoms. The maximum Gasteiger partial charge on any atom is 0.300 e. The summed E-state index contributed by atoms with van der Waals surface area (Å²) >= 11 is 0. The molecule has 0 spiro atoms. The number of para-hydroxylation sites is 2. The number of Topliss-reactive ketones (excluding diaryl/α,β-unsaturated/α-hetero) is 1. The Morgan fingerprint density at radius 1 is 0.941 bits per heavy atom. The third-order valence-corrected chi connectivity index (χ3v) is 6.35. The molecule has 1 aromatic heterocycles. The Hall–Kier alpha value is -4.52. The van der Waals surface area contributed by atoms with Crippen molar-refractivity contribution in [2.45, 2.75) is 6.04 Å². The van der Waals surface area contributed by atoms with Crippen molar-refractivity contribution in [3.63, 3.8) is 0 Å². The lowest BCUT2D eigenvalue weighted by molar-refractivity contribution is -0.132. The van der Waals surface area contributed by atoms with Gasteiger partial charge in [-0.05, 0) is 36.4 Å². The summed E-state index contributed by atoms with van der Waals surface area (Å²) in [4.78, 5) is 28.2. The van der Waals surface area contributed by atoms with Crippen molar-refractivity contribution in [1.82, 2.24) is 4.57 Å². The second kappa shape index (κ2) is 7.52. The third kappa shape index (κ3) is 2.90. The van der Waals surface area contributed by atoms with E-state index in [2.05, 4.69) is 0 Å². The molecule has 2 aliphatic heterocycles. The van der Waals surface area contributed by atoms with Crippen LogP contribution in [0.25, 0.3) is 16.7 Å². The molecule has 0 radical (unpaired) electrons. The van der Waals surface area contributed by atoms with Crippen LogP contribution in [0.1, 0.15) is 17.2 Å². The average molecular weight is 452 g/mol. The van der Waals surface area contributed by atoms with Gasteiger partial charge < -0.3 is 19.1 Å². The number of benzene rings is 3. The van der Waals surface area contributed by atoms with Crippen molar-refractivity contribution in [2.75, 3.05) is 11.7 Å². The number of aromatic nitrogens is 1. The van der Waals surface area contributed by atoms with Crippen LogP contribution < -0.4 is 14.4 Å². The van der Waals surface area contributed by atoms with E-state index in [1.807, 2.05) is 60.3 Å². The van der Waals surface area contributed by atoms with Gasteiger partial charge in [0.05, 0.1) is 11.6 Å². The molecule has 1 N–H and O–H groups in total. The molecular weight excluding hydrogens is 432 g/mol. The number of ketones is 1. The molecule has 168 valence electrons. The van der Waals surface area contributed by atoms with Crippen LogP contribution in [-0.2, 0) is 16.6 Å². The average Bonchev–Trinajstić information content (AvgIpc) is 3.54. The monoisotopic (exact) mass is 452 g/mol. The Morgan fingerprint density at radius 2 is 1.68 bits per heavy atom. The molecule has 2 aliphatic rings. The van der Waals surface area contributed by atoms with Gasteiger partial charge in [0.15, 0.2) is 11.5 Å². The Kier molecular flexibility index (Phi) is 4.45. The summed E-state index contributed by atoms with van der Waals surface area (Å²) in [5.74, 6) is -0.647. The Bertz CT molecular complexity index is 1500. The number of carbonyl (C=O) groups excluding carboxylic acids is 2. The Morgan fingerprint density at radius 3 is 2.50 bits per heavy atom. The quantitative estimate of drug-likeness (QED) is 0.281. The highest BCUT2D eigenvalue weighted by Gasteiger charge is 2.47. The van der Waals surface area contributed by atoms with Gasteiger partial charge in [0.2, 0.25) is 6.79 Å². The number of fused-ring (bicyclic) bond motifs is 2. The maximum atomic E-state index is 13.4.